The van der Waals surface area contributed by atoms with Gasteiger partial charge in [-0.15, -0.1) is 0 Å². The van der Waals surface area contributed by atoms with Crippen molar-refractivity contribution in [3.05, 3.63) is 55.1 Å². The average molecular weight is 354 g/mol. The van der Waals surface area contributed by atoms with E-state index in [1.54, 1.807) is 6.07 Å². The Morgan fingerprint density at radius 2 is 1.50 bits per heavy atom. The summed E-state index contributed by atoms with van der Waals surface area (Å²) in [4.78, 5) is 10.9. The van der Waals surface area contributed by atoms with Gasteiger partial charge in [0.1, 0.15) is 5.75 Å². The standard InChI is InChI=1S/C21H26N2O3/c1-2-21(24)26-12-6-4-3-5-11-25-20-9-7-16(8-10-20)17-13-18(22)15-19(23)14-17/h2,7-10,13-15H,1,3-6,11-12,22-23H2. The molecule has 0 aromatic heterocycles. The van der Waals surface area contributed by atoms with Gasteiger partial charge in [-0.05, 0) is 67.1 Å². The summed E-state index contributed by atoms with van der Waals surface area (Å²) in [6.07, 6.45) is 5.04. The molecule has 26 heavy (non-hydrogen) atoms. The molecule has 0 radical (unpaired) electrons. The quantitative estimate of drug-likeness (QED) is 0.289. The van der Waals surface area contributed by atoms with E-state index >= 15 is 0 Å². The first-order chi connectivity index (χ1) is 12.6. The minimum Gasteiger partial charge on any atom is -0.494 e. The fourth-order valence-electron chi connectivity index (χ4n) is 2.57. The molecule has 0 aliphatic carbocycles. The van der Waals surface area contributed by atoms with Crippen LogP contribution in [0.4, 0.5) is 11.4 Å². The first-order valence-corrected chi connectivity index (χ1v) is 8.77. The van der Waals surface area contributed by atoms with Crippen LogP contribution in [-0.2, 0) is 9.53 Å². The molecule has 5 heteroatoms. The molecule has 4 N–H and O–H groups in total. The number of carbonyl (C=O) groups excluding carboxylic acids is 1. The lowest BCUT2D eigenvalue weighted by atomic mass is 10.0. The Labute approximate surface area is 154 Å². The molecule has 0 unspecified atom stereocenters. The Kier molecular flexibility index (Phi) is 7.55. The molecule has 0 spiro atoms. The average Bonchev–Trinajstić information content (AvgIpc) is 2.63. The zero-order valence-electron chi connectivity index (χ0n) is 14.9. The smallest absolute Gasteiger partial charge is 0.330 e. The maximum absolute atomic E-state index is 10.9. The zero-order valence-corrected chi connectivity index (χ0v) is 14.9. The molecular weight excluding hydrogens is 328 g/mol. The minimum absolute atomic E-state index is 0.363. The number of benzene rings is 2. The third-order valence-electron chi connectivity index (χ3n) is 3.88. The minimum atomic E-state index is -0.363. The van der Waals surface area contributed by atoms with E-state index in [1.807, 2.05) is 36.4 Å². The number of nitrogens with two attached hydrogens (primary N) is 2. The van der Waals surface area contributed by atoms with Crippen LogP contribution in [0, 0.1) is 0 Å². The van der Waals surface area contributed by atoms with E-state index in [-0.39, 0.29) is 5.97 Å². The molecule has 0 aliphatic heterocycles. The summed E-state index contributed by atoms with van der Waals surface area (Å²) in [5.74, 6) is 0.475. The van der Waals surface area contributed by atoms with E-state index in [0.29, 0.717) is 24.6 Å². The van der Waals surface area contributed by atoms with Gasteiger partial charge in [0.2, 0.25) is 0 Å². The van der Waals surface area contributed by atoms with Crippen LogP contribution in [0.25, 0.3) is 11.1 Å². The Morgan fingerprint density at radius 3 is 2.12 bits per heavy atom. The lowest BCUT2D eigenvalue weighted by Gasteiger charge is -2.09. The van der Waals surface area contributed by atoms with Crippen molar-refractivity contribution in [2.24, 2.45) is 0 Å². The number of unbranched alkanes of at least 4 members (excludes halogenated alkanes) is 3. The van der Waals surface area contributed by atoms with Gasteiger partial charge in [0.15, 0.2) is 0 Å². The number of nitrogen functional groups attached to an aromatic ring is 2. The topological polar surface area (TPSA) is 87.6 Å². The largest absolute Gasteiger partial charge is 0.494 e. The van der Waals surface area contributed by atoms with E-state index in [2.05, 4.69) is 6.58 Å². The van der Waals surface area contributed by atoms with Gasteiger partial charge in [-0.2, -0.15) is 0 Å². The predicted octanol–water partition coefficient (Wildman–Crippen LogP) is 4.19. The number of carbonyl (C=O) groups is 1. The lowest BCUT2D eigenvalue weighted by molar-refractivity contribution is -0.137. The molecular formula is C21H26N2O3. The number of hydrogen-bond donors (Lipinski definition) is 2. The van der Waals surface area contributed by atoms with E-state index in [4.69, 9.17) is 20.9 Å². The highest BCUT2D eigenvalue weighted by molar-refractivity contribution is 5.81. The van der Waals surface area contributed by atoms with Crippen LogP contribution in [0.1, 0.15) is 25.7 Å². The first kappa shape index (κ1) is 19.4. The van der Waals surface area contributed by atoms with E-state index in [0.717, 1.165) is 42.6 Å². The summed E-state index contributed by atoms with van der Waals surface area (Å²) in [6.45, 7) is 4.47. The molecule has 2 aromatic rings. The highest BCUT2D eigenvalue weighted by Crippen LogP contribution is 2.26. The van der Waals surface area contributed by atoms with E-state index in [9.17, 15) is 4.79 Å². The Bertz CT molecular complexity index is 706. The third kappa shape index (κ3) is 6.51. The molecule has 0 saturated carbocycles. The SMILES string of the molecule is C=CC(=O)OCCCCCCOc1ccc(-c2cc(N)cc(N)c2)cc1. The second kappa shape index (κ2) is 10.1. The van der Waals surface area contributed by atoms with E-state index < -0.39 is 0 Å². The summed E-state index contributed by atoms with van der Waals surface area (Å²) in [5.41, 5.74) is 15.0. The molecule has 5 nitrogen and oxygen atoms in total. The van der Waals surface area contributed by atoms with Crippen molar-refractivity contribution < 1.29 is 14.3 Å². The molecule has 0 bridgehead atoms. The van der Waals surface area contributed by atoms with Crippen LogP contribution in [0.15, 0.2) is 55.1 Å². The van der Waals surface area contributed by atoms with Crippen molar-refractivity contribution in [2.45, 2.75) is 25.7 Å². The maximum Gasteiger partial charge on any atom is 0.330 e. The third-order valence-corrected chi connectivity index (χ3v) is 3.88. The summed E-state index contributed by atoms with van der Waals surface area (Å²) < 4.78 is 10.7. The van der Waals surface area contributed by atoms with Crippen molar-refractivity contribution in [1.29, 1.82) is 0 Å². The molecule has 0 amide bonds. The van der Waals surface area contributed by atoms with Gasteiger partial charge >= 0.3 is 5.97 Å². The fourth-order valence-corrected chi connectivity index (χ4v) is 2.57. The monoisotopic (exact) mass is 354 g/mol. The Morgan fingerprint density at radius 1 is 0.885 bits per heavy atom. The summed E-state index contributed by atoms with van der Waals surface area (Å²) >= 11 is 0. The van der Waals surface area contributed by atoms with Crippen molar-refractivity contribution >= 4 is 17.3 Å². The maximum atomic E-state index is 10.9. The molecule has 2 aromatic carbocycles. The number of anilines is 2. The summed E-state index contributed by atoms with van der Waals surface area (Å²) in [5, 5.41) is 0. The van der Waals surface area contributed by atoms with Gasteiger partial charge in [0.25, 0.3) is 0 Å². The van der Waals surface area contributed by atoms with Gasteiger partial charge in [0.05, 0.1) is 13.2 Å². The molecule has 0 saturated heterocycles. The van der Waals surface area contributed by atoms with Crippen LogP contribution in [-0.4, -0.2) is 19.2 Å². The van der Waals surface area contributed by atoms with Crippen molar-refractivity contribution in [1.82, 2.24) is 0 Å². The Balaban J connectivity index is 1.68. The van der Waals surface area contributed by atoms with Crippen LogP contribution >= 0.6 is 0 Å². The predicted molar refractivity (Wildman–Crippen MR) is 106 cm³/mol. The highest BCUT2D eigenvalue weighted by atomic mass is 16.5. The van der Waals surface area contributed by atoms with Gasteiger partial charge in [0, 0.05) is 17.5 Å². The first-order valence-electron chi connectivity index (χ1n) is 8.77. The molecule has 2 rings (SSSR count). The molecule has 0 fully saturated rings. The lowest BCUT2D eigenvalue weighted by Crippen LogP contribution is -2.02. The van der Waals surface area contributed by atoms with Crippen molar-refractivity contribution in [3.8, 4) is 16.9 Å². The highest BCUT2D eigenvalue weighted by Gasteiger charge is 2.02. The van der Waals surface area contributed by atoms with Crippen LogP contribution in [0.3, 0.4) is 0 Å². The van der Waals surface area contributed by atoms with Crippen molar-refractivity contribution in [3.63, 3.8) is 0 Å². The zero-order chi connectivity index (χ0) is 18.8. The van der Waals surface area contributed by atoms with Crippen molar-refractivity contribution in [2.75, 3.05) is 24.7 Å². The molecule has 0 atom stereocenters. The normalized spacial score (nSPS) is 10.3. The van der Waals surface area contributed by atoms with Gasteiger partial charge in [-0.1, -0.05) is 18.7 Å². The van der Waals surface area contributed by atoms with Crippen LogP contribution in [0.5, 0.6) is 5.75 Å². The number of rotatable bonds is 10. The number of hydrogen-bond acceptors (Lipinski definition) is 5. The van der Waals surface area contributed by atoms with E-state index in [1.165, 1.54) is 6.08 Å². The number of esters is 1. The fraction of sp³-hybridized carbons (Fsp3) is 0.286. The second-order valence-corrected chi connectivity index (χ2v) is 6.05. The van der Waals surface area contributed by atoms with Crippen LogP contribution in [0.2, 0.25) is 0 Å². The van der Waals surface area contributed by atoms with Crippen LogP contribution < -0.4 is 16.2 Å². The van der Waals surface area contributed by atoms with Gasteiger partial charge < -0.3 is 20.9 Å². The molecule has 138 valence electrons. The second-order valence-electron chi connectivity index (χ2n) is 6.05. The van der Waals surface area contributed by atoms with Gasteiger partial charge in [-0.3, -0.25) is 0 Å². The summed E-state index contributed by atoms with van der Waals surface area (Å²) in [6, 6.07) is 13.4. The Hall–Kier alpha value is -2.95. The molecule has 0 heterocycles. The molecule has 0 aliphatic rings. The number of ether oxygens (including phenoxy) is 2. The van der Waals surface area contributed by atoms with Gasteiger partial charge in [-0.25, -0.2) is 4.79 Å². The summed E-state index contributed by atoms with van der Waals surface area (Å²) in [7, 11) is 0.